The van der Waals surface area contributed by atoms with Crippen LogP contribution in [0.25, 0.3) is 0 Å². The number of rotatable bonds is 4. The molecule has 0 unspecified atom stereocenters. The molecule has 1 fully saturated rings. The zero-order valence-corrected chi connectivity index (χ0v) is 12.1. The minimum Gasteiger partial charge on any atom is -0.364 e. The Balaban J connectivity index is 1.53. The van der Waals surface area contributed by atoms with Crippen molar-refractivity contribution in [1.82, 2.24) is 24.3 Å². The number of hydrogen-bond acceptors (Lipinski definition) is 3. The normalized spacial score (nSPS) is 18.2. The molecule has 0 aromatic carbocycles. The Bertz CT molecular complexity index is 516. The Morgan fingerprint density at radius 1 is 1.15 bits per heavy atom. The van der Waals surface area contributed by atoms with Crippen LogP contribution in [0.15, 0.2) is 30.7 Å². The van der Waals surface area contributed by atoms with Crippen LogP contribution in [-0.4, -0.2) is 50.5 Å². The first-order chi connectivity index (χ1) is 9.81. The topological polar surface area (TPSA) is 40.1 Å². The molecule has 1 aliphatic rings. The van der Waals surface area contributed by atoms with Crippen molar-refractivity contribution < 1.29 is 0 Å². The average molecular weight is 273 g/mol. The summed E-state index contributed by atoms with van der Waals surface area (Å²) in [5, 5.41) is 0. The number of H-pyrrole nitrogens is 1. The molecule has 2 aromatic heterocycles. The highest BCUT2D eigenvalue weighted by Crippen LogP contribution is 2.10. The lowest BCUT2D eigenvalue weighted by molar-refractivity contribution is 0.241. The van der Waals surface area contributed by atoms with E-state index < -0.39 is 0 Å². The highest BCUT2D eigenvalue weighted by Gasteiger charge is 2.16. The van der Waals surface area contributed by atoms with E-state index in [2.05, 4.69) is 43.5 Å². The molecule has 3 rings (SSSR count). The summed E-state index contributed by atoms with van der Waals surface area (Å²) in [5.41, 5.74) is 1.31. The second kappa shape index (κ2) is 6.24. The summed E-state index contributed by atoms with van der Waals surface area (Å²) in [6.45, 7) is 6.57. The first-order valence-corrected chi connectivity index (χ1v) is 7.34. The first-order valence-electron chi connectivity index (χ1n) is 7.34. The fourth-order valence-electron chi connectivity index (χ4n) is 2.80. The molecule has 0 saturated carbocycles. The molecule has 1 saturated heterocycles. The minimum absolute atomic E-state index is 0.958. The highest BCUT2D eigenvalue weighted by molar-refractivity contribution is 5.03. The molecule has 0 atom stereocenters. The Hall–Kier alpha value is -1.59. The second-order valence-electron chi connectivity index (χ2n) is 5.56. The molecule has 0 aliphatic carbocycles. The third-order valence-electron chi connectivity index (χ3n) is 4.02. The summed E-state index contributed by atoms with van der Waals surface area (Å²) in [7, 11) is 2.07. The zero-order valence-electron chi connectivity index (χ0n) is 12.1. The number of nitrogens with zero attached hydrogens (tertiary/aromatic N) is 4. The van der Waals surface area contributed by atoms with E-state index in [0.29, 0.717) is 0 Å². The van der Waals surface area contributed by atoms with Crippen molar-refractivity contribution in [3.8, 4) is 0 Å². The summed E-state index contributed by atoms with van der Waals surface area (Å²) in [5.74, 6) is 1.16. The van der Waals surface area contributed by atoms with Gasteiger partial charge in [0.05, 0.1) is 6.54 Å². The van der Waals surface area contributed by atoms with E-state index in [1.165, 1.54) is 18.7 Å². The lowest BCUT2D eigenvalue weighted by Crippen LogP contribution is -2.31. The molecule has 20 heavy (non-hydrogen) atoms. The van der Waals surface area contributed by atoms with Crippen molar-refractivity contribution in [3.63, 3.8) is 0 Å². The Kier molecular flexibility index (Phi) is 4.18. The average Bonchev–Trinajstić information content (AvgIpc) is 3.02. The smallest absolute Gasteiger partial charge is 0.122 e. The van der Waals surface area contributed by atoms with Gasteiger partial charge in [0.2, 0.25) is 0 Å². The highest BCUT2D eigenvalue weighted by atomic mass is 15.2. The quantitative estimate of drug-likeness (QED) is 0.917. The van der Waals surface area contributed by atoms with E-state index in [1.807, 2.05) is 18.6 Å². The lowest BCUT2D eigenvalue weighted by Gasteiger charge is -2.21. The van der Waals surface area contributed by atoms with Crippen LogP contribution in [-0.2, 0) is 20.1 Å². The zero-order chi connectivity index (χ0) is 13.8. The van der Waals surface area contributed by atoms with E-state index in [1.54, 1.807) is 0 Å². The van der Waals surface area contributed by atoms with Gasteiger partial charge in [0, 0.05) is 51.0 Å². The summed E-state index contributed by atoms with van der Waals surface area (Å²) in [4.78, 5) is 12.8. The van der Waals surface area contributed by atoms with Crippen molar-refractivity contribution in [2.24, 2.45) is 7.05 Å². The molecule has 0 spiro atoms. The standard InChI is InChI=1S/C15H23N5/c1-18-9-6-17-15(18)13-20-8-3-7-19(10-11-20)12-14-4-2-5-16-14/h2,4-6,9,16H,3,7-8,10-13H2,1H3. The van der Waals surface area contributed by atoms with Crippen LogP contribution in [0.4, 0.5) is 0 Å². The predicted molar refractivity (Wildman–Crippen MR) is 79.2 cm³/mol. The second-order valence-corrected chi connectivity index (χ2v) is 5.56. The van der Waals surface area contributed by atoms with Crippen LogP contribution < -0.4 is 0 Å². The molecule has 0 radical (unpaired) electrons. The van der Waals surface area contributed by atoms with Crippen molar-refractivity contribution in [2.45, 2.75) is 19.5 Å². The molecule has 0 bridgehead atoms. The molecule has 3 heterocycles. The third kappa shape index (κ3) is 3.29. The summed E-state index contributed by atoms with van der Waals surface area (Å²) < 4.78 is 2.11. The van der Waals surface area contributed by atoms with E-state index >= 15 is 0 Å². The molecule has 5 nitrogen and oxygen atoms in total. The number of hydrogen-bond donors (Lipinski definition) is 1. The van der Waals surface area contributed by atoms with Gasteiger partial charge in [-0.15, -0.1) is 0 Å². The van der Waals surface area contributed by atoms with Crippen LogP contribution in [0.2, 0.25) is 0 Å². The number of aromatic amines is 1. The maximum Gasteiger partial charge on any atom is 0.122 e. The van der Waals surface area contributed by atoms with Crippen LogP contribution in [0, 0.1) is 0 Å². The van der Waals surface area contributed by atoms with Gasteiger partial charge in [-0.2, -0.15) is 0 Å². The van der Waals surface area contributed by atoms with Crippen LogP contribution >= 0.6 is 0 Å². The number of nitrogens with one attached hydrogen (secondary N) is 1. The molecule has 5 heteroatoms. The van der Waals surface area contributed by atoms with Gasteiger partial charge in [-0.3, -0.25) is 9.80 Å². The minimum atomic E-state index is 0.958. The Morgan fingerprint density at radius 3 is 2.60 bits per heavy atom. The maximum absolute atomic E-state index is 4.42. The molecule has 2 aromatic rings. The Morgan fingerprint density at radius 2 is 1.95 bits per heavy atom. The van der Waals surface area contributed by atoms with Crippen molar-refractivity contribution in [2.75, 3.05) is 26.2 Å². The van der Waals surface area contributed by atoms with Crippen molar-refractivity contribution in [1.29, 1.82) is 0 Å². The number of imidazole rings is 1. The molecule has 108 valence electrons. The monoisotopic (exact) mass is 273 g/mol. The molecule has 1 aliphatic heterocycles. The summed E-state index contributed by atoms with van der Waals surface area (Å²) in [6.07, 6.45) is 7.13. The molecular weight excluding hydrogens is 250 g/mol. The predicted octanol–water partition coefficient (Wildman–Crippen LogP) is 1.46. The van der Waals surface area contributed by atoms with Crippen LogP contribution in [0.3, 0.4) is 0 Å². The van der Waals surface area contributed by atoms with Gasteiger partial charge in [0.1, 0.15) is 5.82 Å². The van der Waals surface area contributed by atoms with Crippen LogP contribution in [0.5, 0.6) is 0 Å². The maximum atomic E-state index is 4.42. The van der Waals surface area contributed by atoms with E-state index in [4.69, 9.17) is 0 Å². The number of aromatic nitrogens is 3. The lowest BCUT2D eigenvalue weighted by atomic mass is 10.3. The largest absolute Gasteiger partial charge is 0.364 e. The van der Waals surface area contributed by atoms with E-state index in [0.717, 1.165) is 38.5 Å². The molecule has 1 N–H and O–H groups in total. The van der Waals surface area contributed by atoms with Gasteiger partial charge in [0.15, 0.2) is 0 Å². The Labute approximate surface area is 120 Å². The first kappa shape index (κ1) is 13.4. The van der Waals surface area contributed by atoms with Gasteiger partial charge in [-0.1, -0.05) is 0 Å². The van der Waals surface area contributed by atoms with Gasteiger partial charge >= 0.3 is 0 Å². The van der Waals surface area contributed by atoms with Gasteiger partial charge in [0.25, 0.3) is 0 Å². The van der Waals surface area contributed by atoms with Crippen molar-refractivity contribution in [3.05, 3.63) is 42.2 Å². The third-order valence-corrected chi connectivity index (χ3v) is 4.02. The van der Waals surface area contributed by atoms with E-state index in [-0.39, 0.29) is 0 Å². The number of aryl methyl sites for hydroxylation is 1. The molecule has 0 amide bonds. The van der Waals surface area contributed by atoms with Gasteiger partial charge in [-0.05, 0) is 31.6 Å². The van der Waals surface area contributed by atoms with Crippen molar-refractivity contribution >= 4 is 0 Å². The summed E-state index contributed by atoms with van der Waals surface area (Å²) >= 11 is 0. The fourth-order valence-corrected chi connectivity index (χ4v) is 2.80. The van der Waals surface area contributed by atoms with Crippen LogP contribution in [0.1, 0.15) is 17.9 Å². The van der Waals surface area contributed by atoms with Gasteiger partial charge in [-0.25, -0.2) is 4.98 Å². The van der Waals surface area contributed by atoms with Gasteiger partial charge < -0.3 is 9.55 Å². The fraction of sp³-hybridized carbons (Fsp3) is 0.533. The SMILES string of the molecule is Cn1ccnc1CN1CCCN(Cc2ccc[nH]2)CC1. The molecular formula is C15H23N5. The summed E-state index contributed by atoms with van der Waals surface area (Å²) in [6, 6.07) is 4.23. The van der Waals surface area contributed by atoms with E-state index in [9.17, 15) is 0 Å².